The van der Waals surface area contributed by atoms with Gasteiger partial charge in [0.2, 0.25) is 0 Å². The first kappa shape index (κ1) is 11.7. The van der Waals surface area contributed by atoms with Gasteiger partial charge in [0.05, 0.1) is 5.84 Å². The average Bonchev–Trinajstić information content (AvgIpc) is 2.18. The summed E-state index contributed by atoms with van der Waals surface area (Å²) in [5.74, 6) is -0.0254. The molecule has 4 heteroatoms. The number of hydrogen-bond acceptors (Lipinski definition) is 2. The highest BCUT2D eigenvalue weighted by Crippen LogP contribution is 2.08. The summed E-state index contributed by atoms with van der Waals surface area (Å²) in [5.41, 5.74) is 5.92. The van der Waals surface area contributed by atoms with Gasteiger partial charge in [-0.2, -0.15) is 0 Å². The molecule has 0 spiro atoms. The molecule has 0 aromatic heterocycles. The van der Waals surface area contributed by atoms with E-state index in [1.54, 1.807) is 12.1 Å². The molecule has 3 nitrogen and oxygen atoms in total. The van der Waals surface area contributed by atoms with E-state index in [9.17, 15) is 4.39 Å². The van der Waals surface area contributed by atoms with Crippen LogP contribution in [0.15, 0.2) is 24.3 Å². The Hall–Kier alpha value is -1.42. The number of benzene rings is 1. The third kappa shape index (κ3) is 4.08. The molecule has 0 aliphatic rings. The summed E-state index contributed by atoms with van der Waals surface area (Å²) in [7, 11) is 1.88. The van der Waals surface area contributed by atoms with E-state index in [4.69, 9.17) is 11.1 Å². The van der Waals surface area contributed by atoms with Crippen molar-refractivity contribution in [1.29, 1.82) is 5.41 Å². The van der Waals surface area contributed by atoms with Crippen molar-refractivity contribution in [3.63, 3.8) is 0 Å². The second kappa shape index (κ2) is 5.46. The molecule has 1 aromatic carbocycles. The van der Waals surface area contributed by atoms with Gasteiger partial charge in [-0.25, -0.2) is 4.39 Å². The van der Waals surface area contributed by atoms with Crippen LogP contribution in [0.1, 0.15) is 12.0 Å². The molecule has 0 aliphatic carbocycles. The summed E-state index contributed by atoms with van der Waals surface area (Å²) >= 11 is 0. The molecule has 0 saturated carbocycles. The molecule has 0 saturated heterocycles. The molecule has 0 aliphatic heterocycles. The number of nitrogens with zero attached hydrogens (tertiary/aromatic N) is 1. The van der Waals surface area contributed by atoms with Crippen LogP contribution in [-0.4, -0.2) is 24.3 Å². The summed E-state index contributed by atoms with van der Waals surface area (Å²) in [6.07, 6.45) is 0.519. The van der Waals surface area contributed by atoms with Crippen LogP contribution in [0.4, 0.5) is 4.39 Å². The van der Waals surface area contributed by atoms with Crippen LogP contribution in [0.3, 0.4) is 0 Å². The predicted octanol–water partition coefficient (Wildman–Crippen LogP) is 1.58. The van der Waals surface area contributed by atoms with Gasteiger partial charge in [-0.1, -0.05) is 18.2 Å². The third-order valence-electron chi connectivity index (χ3n) is 2.16. The lowest BCUT2D eigenvalue weighted by atomic mass is 10.2. The Morgan fingerprint density at radius 1 is 1.47 bits per heavy atom. The Balaban J connectivity index is 2.47. The maximum absolute atomic E-state index is 13.3. The largest absolute Gasteiger partial charge is 0.388 e. The van der Waals surface area contributed by atoms with E-state index in [0.29, 0.717) is 25.1 Å². The Labute approximate surface area is 89.2 Å². The zero-order chi connectivity index (χ0) is 11.3. The maximum atomic E-state index is 13.3. The van der Waals surface area contributed by atoms with Crippen LogP contribution < -0.4 is 5.73 Å². The number of nitrogens with one attached hydrogen (secondary N) is 1. The Morgan fingerprint density at radius 3 is 2.73 bits per heavy atom. The molecule has 0 amide bonds. The lowest BCUT2D eigenvalue weighted by Gasteiger charge is -2.16. The first-order valence-corrected chi connectivity index (χ1v) is 4.84. The lowest BCUT2D eigenvalue weighted by molar-refractivity contribution is 0.330. The number of rotatable bonds is 5. The number of halogens is 1. The van der Waals surface area contributed by atoms with Crippen molar-refractivity contribution in [2.45, 2.75) is 13.0 Å². The van der Waals surface area contributed by atoms with E-state index in [2.05, 4.69) is 0 Å². The fourth-order valence-electron chi connectivity index (χ4n) is 1.31. The summed E-state index contributed by atoms with van der Waals surface area (Å²) in [6.45, 7) is 1.21. The van der Waals surface area contributed by atoms with Gasteiger partial charge in [0.25, 0.3) is 0 Å². The lowest BCUT2D eigenvalue weighted by Crippen LogP contribution is -2.24. The summed E-state index contributed by atoms with van der Waals surface area (Å²) in [6, 6.07) is 6.71. The highest BCUT2D eigenvalue weighted by molar-refractivity contribution is 5.76. The van der Waals surface area contributed by atoms with Crippen LogP contribution in [0.5, 0.6) is 0 Å². The summed E-state index contributed by atoms with van der Waals surface area (Å²) in [4.78, 5) is 1.94. The monoisotopic (exact) mass is 209 g/mol. The van der Waals surface area contributed by atoms with Crippen LogP contribution >= 0.6 is 0 Å². The molecule has 0 unspecified atom stereocenters. The van der Waals surface area contributed by atoms with Crippen molar-refractivity contribution in [2.24, 2.45) is 5.73 Å². The predicted molar refractivity (Wildman–Crippen MR) is 59.3 cm³/mol. The SMILES string of the molecule is CN(CCC(=N)N)Cc1ccccc1F. The number of nitrogens with two attached hydrogens (primary N) is 1. The fraction of sp³-hybridized carbons (Fsp3) is 0.364. The molecular formula is C11H16FN3. The fourth-order valence-corrected chi connectivity index (χ4v) is 1.31. The molecule has 1 rings (SSSR count). The van der Waals surface area contributed by atoms with E-state index in [0.717, 1.165) is 0 Å². The van der Waals surface area contributed by atoms with Gasteiger partial charge in [0.1, 0.15) is 5.82 Å². The molecule has 3 N–H and O–H groups in total. The molecule has 82 valence electrons. The molecule has 1 aromatic rings. The van der Waals surface area contributed by atoms with Gasteiger partial charge < -0.3 is 10.6 Å². The van der Waals surface area contributed by atoms with E-state index in [-0.39, 0.29) is 11.7 Å². The highest BCUT2D eigenvalue weighted by Gasteiger charge is 2.04. The smallest absolute Gasteiger partial charge is 0.127 e. The number of amidine groups is 1. The van der Waals surface area contributed by atoms with E-state index in [1.807, 2.05) is 18.0 Å². The minimum Gasteiger partial charge on any atom is -0.388 e. The van der Waals surface area contributed by atoms with E-state index >= 15 is 0 Å². The zero-order valence-corrected chi connectivity index (χ0v) is 8.83. The molecule has 0 fully saturated rings. The van der Waals surface area contributed by atoms with Crippen LogP contribution in [0.25, 0.3) is 0 Å². The molecule has 0 radical (unpaired) electrons. The van der Waals surface area contributed by atoms with Crippen molar-refractivity contribution in [2.75, 3.05) is 13.6 Å². The van der Waals surface area contributed by atoms with E-state index < -0.39 is 0 Å². The second-order valence-corrected chi connectivity index (χ2v) is 3.60. The minimum atomic E-state index is -0.188. The van der Waals surface area contributed by atoms with Crippen LogP contribution in [0.2, 0.25) is 0 Å². The van der Waals surface area contributed by atoms with Crippen molar-refractivity contribution in [3.8, 4) is 0 Å². The van der Waals surface area contributed by atoms with Crippen molar-refractivity contribution < 1.29 is 4.39 Å². The molecule has 0 heterocycles. The minimum absolute atomic E-state index is 0.162. The van der Waals surface area contributed by atoms with Crippen molar-refractivity contribution >= 4 is 5.84 Å². The van der Waals surface area contributed by atoms with Crippen molar-refractivity contribution in [3.05, 3.63) is 35.6 Å². The first-order valence-electron chi connectivity index (χ1n) is 4.84. The van der Waals surface area contributed by atoms with Crippen LogP contribution in [-0.2, 0) is 6.54 Å². The van der Waals surface area contributed by atoms with Crippen LogP contribution in [0, 0.1) is 11.2 Å². The Bertz CT molecular complexity index is 338. The van der Waals surface area contributed by atoms with Crippen molar-refractivity contribution in [1.82, 2.24) is 4.90 Å². The highest BCUT2D eigenvalue weighted by atomic mass is 19.1. The Morgan fingerprint density at radius 2 is 2.13 bits per heavy atom. The van der Waals surface area contributed by atoms with E-state index in [1.165, 1.54) is 6.07 Å². The molecule has 0 atom stereocenters. The van der Waals surface area contributed by atoms with Gasteiger partial charge in [0.15, 0.2) is 0 Å². The van der Waals surface area contributed by atoms with Gasteiger partial charge in [-0.05, 0) is 13.1 Å². The molecule has 0 bridgehead atoms. The third-order valence-corrected chi connectivity index (χ3v) is 2.16. The quantitative estimate of drug-likeness (QED) is 0.571. The van der Waals surface area contributed by atoms with Gasteiger partial charge in [-0.15, -0.1) is 0 Å². The normalized spacial score (nSPS) is 10.6. The maximum Gasteiger partial charge on any atom is 0.127 e. The molecule has 15 heavy (non-hydrogen) atoms. The topological polar surface area (TPSA) is 53.1 Å². The molecular weight excluding hydrogens is 193 g/mol. The zero-order valence-electron chi connectivity index (χ0n) is 8.83. The summed E-state index contributed by atoms with van der Waals surface area (Å²) < 4.78 is 13.3. The average molecular weight is 209 g/mol. The first-order chi connectivity index (χ1) is 7.09. The number of hydrogen-bond donors (Lipinski definition) is 2. The standard InChI is InChI=1S/C11H16FN3/c1-15(7-6-11(13)14)8-9-4-2-3-5-10(9)12/h2-5H,6-8H2,1H3,(H3,13,14). The second-order valence-electron chi connectivity index (χ2n) is 3.60. The Kier molecular flexibility index (Phi) is 4.24. The summed E-state index contributed by atoms with van der Waals surface area (Å²) in [5, 5.41) is 7.09. The van der Waals surface area contributed by atoms with Gasteiger partial charge in [-0.3, -0.25) is 5.41 Å². The van der Waals surface area contributed by atoms with Gasteiger partial charge >= 0.3 is 0 Å². The van der Waals surface area contributed by atoms with Gasteiger partial charge in [0, 0.05) is 25.1 Å².